The van der Waals surface area contributed by atoms with Gasteiger partial charge >= 0.3 is 16.4 Å². The Labute approximate surface area is 425 Å². The molecule has 1 aromatic carbocycles. The molecule has 410 valence electrons. The van der Waals surface area contributed by atoms with Crippen LogP contribution in [0.15, 0.2) is 36.0 Å². The second kappa shape index (κ2) is 27.1. The number of benzene rings is 1. The van der Waals surface area contributed by atoms with E-state index >= 15 is 0 Å². The molecule has 0 aromatic heterocycles. The summed E-state index contributed by atoms with van der Waals surface area (Å²) in [6.07, 6.45) is -6.59. The third-order valence-corrected chi connectivity index (χ3v) is 12.2. The number of hydrogen-bond donors (Lipinski definition) is 12. The van der Waals surface area contributed by atoms with Gasteiger partial charge in [0.25, 0.3) is 17.7 Å². The normalized spacial score (nSPS) is 26.0. The molecule has 2 aliphatic heterocycles. The predicted octanol–water partition coefficient (Wildman–Crippen LogP) is -4.82. The minimum atomic E-state index is -5.76. The average Bonchev–Trinajstić information content (AvgIpc) is 3.71. The molecular formula is C44H65N11O18S. The average molecular weight is 1070 g/mol. The summed E-state index contributed by atoms with van der Waals surface area (Å²) in [5, 5.41) is 37.4. The molecule has 0 saturated carbocycles. The van der Waals surface area contributed by atoms with Crippen LogP contribution >= 0.6 is 0 Å². The van der Waals surface area contributed by atoms with Crippen LogP contribution in [-0.4, -0.2) is 180 Å². The van der Waals surface area contributed by atoms with E-state index in [1.807, 2.05) is 5.32 Å². The largest absolute Gasteiger partial charge is 0.508 e. The summed E-state index contributed by atoms with van der Waals surface area (Å²) in [6.45, 7) is 6.49. The van der Waals surface area contributed by atoms with Gasteiger partial charge in [-0.2, -0.15) is 8.42 Å². The van der Waals surface area contributed by atoms with Gasteiger partial charge < -0.3 is 68.1 Å². The molecule has 0 spiro atoms. The lowest BCUT2D eigenvalue weighted by Gasteiger charge is -2.33. The highest BCUT2D eigenvalue weighted by molar-refractivity contribution is 7.80. The molecule has 30 heteroatoms. The van der Waals surface area contributed by atoms with Crippen LogP contribution in [0.1, 0.15) is 65.9 Å². The number of hydrogen-bond acceptors (Lipinski definition) is 17. The van der Waals surface area contributed by atoms with Crippen molar-refractivity contribution in [1.29, 1.82) is 0 Å². The number of carbonyl (C=O) groups is 11. The molecule has 10 atom stereocenters. The number of aliphatic hydroxyl groups excluding tert-OH is 1. The van der Waals surface area contributed by atoms with Crippen LogP contribution < -0.4 is 48.7 Å². The van der Waals surface area contributed by atoms with E-state index in [0.29, 0.717) is 4.90 Å². The number of rotatable bonds is 13. The lowest BCUT2D eigenvalue weighted by Crippen LogP contribution is -2.65. The van der Waals surface area contributed by atoms with Gasteiger partial charge in [-0.3, -0.25) is 57.8 Å². The number of allylic oxidation sites excluding steroid dienone is 1. The highest BCUT2D eigenvalue weighted by atomic mass is 32.3. The standard InChI is InChI=1S/C44H65N11O18S/c1-8-24-42(66)54(6)19-31(58)51-33(35(73-74(69,70)71)41(65)53-44(46)68)39(63)52-32(22(5)72-7)43(67)55-18-21(4)15-28(55)38(62)50-26(16-23-11-9-10-12-29(23)56)36(60)49-27(17-30(45)57)37(61)48-25(14-13-20(2)3)34(59)40(64)47-24/h8-12,20-22,25-28,32-35,56,59H,13-19H2,1-7H3,(H2,45,57)(H,47,64)(H,48,61)(H,49,60)(H,50,62)(H,51,58)(H,52,63)(H,69,70,71)(H3,46,53,65,68)/t21-,22+,25+,26+,27-,28-,32-,33+,34+,35-/m0/s1. The number of likely N-dealkylation sites (N-methyl/N-ethyl adjacent to an activating group) is 1. The second-order valence-electron chi connectivity index (χ2n) is 18.1. The Kier molecular flexibility index (Phi) is 22.4. The summed E-state index contributed by atoms with van der Waals surface area (Å²) >= 11 is 0. The number of phenols is 1. The van der Waals surface area contributed by atoms with Crippen molar-refractivity contribution in [1.82, 2.24) is 47.0 Å². The van der Waals surface area contributed by atoms with Gasteiger partial charge in [0.2, 0.25) is 41.4 Å². The Balaban J connectivity index is 2.31. The number of amides is 12. The maximum absolute atomic E-state index is 14.7. The van der Waals surface area contributed by atoms with Gasteiger partial charge in [-0.05, 0) is 56.6 Å². The molecular weight excluding hydrogens is 1000 g/mol. The SMILES string of the molecule is CC=C1NC(=O)[C@H](O)[C@@H](CCC(C)C)NC(=O)[C@H](CC(N)=O)NC(=O)[C@@H](Cc2ccccc2O)NC(=O)[C@@H]2C[C@H](C)CN2C(=O)[C@H]([C@@H](C)OC)NC(=O)[C@@H]([C@H](OS(=O)(=O)O)C(=O)NC(N)=O)NC(=O)CN(C)C1=O. The lowest BCUT2D eigenvalue weighted by molar-refractivity contribution is -0.146. The van der Waals surface area contributed by atoms with E-state index in [1.165, 1.54) is 43.4 Å². The Hall–Kier alpha value is -7.28. The van der Waals surface area contributed by atoms with Gasteiger partial charge in [0.15, 0.2) is 12.2 Å². The zero-order valence-electron chi connectivity index (χ0n) is 41.6. The van der Waals surface area contributed by atoms with E-state index in [2.05, 4.69) is 30.8 Å². The molecule has 29 nitrogen and oxygen atoms in total. The first-order valence-electron chi connectivity index (χ1n) is 23.0. The van der Waals surface area contributed by atoms with Crippen molar-refractivity contribution in [2.24, 2.45) is 23.3 Å². The number of carbonyl (C=O) groups excluding carboxylic acids is 11. The van der Waals surface area contributed by atoms with Crippen molar-refractivity contribution in [2.45, 2.75) is 121 Å². The van der Waals surface area contributed by atoms with E-state index < -0.39 is 161 Å². The fourth-order valence-electron chi connectivity index (χ4n) is 7.85. The van der Waals surface area contributed by atoms with Crippen LogP contribution in [0, 0.1) is 11.8 Å². The molecule has 12 amide bonds. The van der Waals surface area contributed by atoms with Gasteiger partial charge in [-0.25, -0.2) is 8.98 Å². The number of aliphatic hydroxyl groups is 1. The fraction of sp³-hybridized carbons (Fsp3) is 0.568. The number of nitrogens with two attached hydrogens (primary N) is 2. The molecule has 74 heavy (non-hydrogen) atoms. The van der Waals surface area contributed by atoms with Crippen molar-refractivity contribution in [3.63, 3.8) is 0 Å². The lowest BCUT2D eigenvalue weighted by atomic mass is 9.98. The molecule has 2 aliphatic rings. The molecule has 0 radical (unpaired) electrons. The number of phenolic OH excluding ortho intramolecular Hbond substituents is 1. The highest BCUT2D eigenvalue weighted by Crippen LogP contribution is 2.26. The molecule has 1 aromatic rings. The van der Waals surface area contributed by atoms with Gasteiger partial charge in [-0.1, -0.05) is 45.0 Å². The number of methoxy groups -OCH3 is 1. The van der Waals surface area contributed by atoms with Gasteiger partial charge in [-0.15, -0.1) is 0 Å². The first-order chi connectivity index (χ1) is 34.5. The van der Waals surface area contributed by atoms with E-state index in [-0.39, 0.29) is 43.0 Å². The van der Waals surface area contributed by atoms with Crippen LogP contribution in [0.4, 0.5) is 4.79 Å². The van der Waals surface area contributed by atoms with Gasteiger partial charge in [0.1, 0.15) is 41.7 Å². The Morgan fingerprint density at radius 2 is 1.51 bits per heavy atom. The zero-order valence-corrected chi connectivity index (χ0v) is 42.4. The first-order valence-corrected chi connectivity index (χ1v) is 24.4. The fourth-order valence-corrected chi connectivity index (χ4v) is 8.31. The summed E-state index contributed by atoms with van der Waals surface area (Å²) in [7, 11) is -3.65. The molecule has 3 rings (SSSR count). The van der Waals surface area contributed by atoms with E-state index in [1.54, 1.807) is 20.8 Å². The molecule has 2 saturated heterocycles. The number of imide groups is 1. The summed E-state index contributed by atoms with van der Waals surface area (Å²) in [6, 6.07) is -6.95. The zero-order chi connectivity index (χ0) is 55.9. The van der Waals surface area contributed by atoms with Crippen LogP contribution in [0.2, 0.25) is 0 Å². The summed E-state index contributed by atoms with van der Waals surface area (Å²) in [5.41, 5.74) is 10.1. The van der Waals surface area contributed by atoms with Crippen molar-refractivity contribution in [3.8, 4) is 5.75 Å². The molecule has 2 fully saturated rings. The predicted molar refractivity (Wildman–Crippen MR) is 255 cm³/mol. The number of ether oxygens (including phenoxy) is 1. The van der Waals surface area contributed by atoms with E-state index in [9.17, 15) is 75.9 Å². The minimum Gasteiger partial charge on any atom is -0.508 e. The number of nitrogens with one attached hydrogen (secondary N) is 7. The van der Waals surface area contributed by atoms with Crippen molar-refractivity contribution < 1.29 is 84.8 Å². The highest BCUT2D eigenvalue weighted by Gasteiger charge is 2.46. The summed E-state index contributed by atoms with van der Waals surface area (Å²) in [4.78, 5) is 152. The van der Waals surface area contributed by atoms with Gasteiger partial charge in [0, 0.05) is 27.1 Å². The Morgan fingerprint density at radius 3 is 2.08 bits per heavy atom. The molecule has 0 unspecified atom stereocenters. The molecule has 0 aliphatic carbocycles. The third kappa shape index (κ3) is 17.7. The minimum absolute atomic E-state index is 0.0805. The number of aromatic hydroxyl groups is 1. The smallest absolute Gasteiger partial charge is 0.398 e. The number of fused-ring (bicyclic) bond motifs is 1. The number of para-hydroxylation sites is 1. The Morgan fingerprint density at radius 1 is 0.892 bits per heavy atom. The molecule has 2 heterocycles. The topological polar surface area (TPSA) is 444 Å². The van der Waals surface area contributed by atoms with E-state index in [0.717, 1.165) is 25.1 Å². The number of urea groups is 1. The van der Waals surface area contributed by atoms with Crippen LogP contribution in [-0.2, 0) is 73.7 Å². The Bertz CT molecular complexity index is 2460. The quantitative estimate of drug-likeness (QED) is 0.0651. The molecule has 14 N–H and O–H groups in total. The summed E-state index contributed by atoms with van der Waals surface area (Å²) < 4.78 is 43.7. The third-order valence-electron chi connectivity index (χ3n) is 11.8. The van der Waals surface area contributed by atoms with Crippen LogP contribution in [0.5, 0.6) is 5.75 Å². The van der Waals surface area contributed by atoms with Crippen molar-refractivity contribution in [3.05, 3.63) is 41.6 Å². The maximum Gasteiger partial charge on any atom is 0.398 e. The second-order valence-corrected chi connectivity index (χ2v) is 19.2. The van der Waals surface area contributed by atoms with E-state index in [4.69, 9.17) is 16.2 Å². The maximum atomic E-state index is 14.7. The van der Waals surface area contributed by atoms with Gasteiger partial charge in [0.05, 0.1) is 25.1 Å². The van der Waals surface area contributed by atoms with Crippen LogP contribution in [0.25, 0.3) is 0 Å². The first kappa shape index (κ1) is 61.0. The van der Waals surface area contributed by atoms with Crippen LogP contribution in [0.3, 0.4) is 0 Å². The monoisotopic (exact) mass is 1070 g/mol. The van der Waals surface area contributed by atoms with Crippen molar-refractivity contribution in [2.75, 3.05) is 27.2 Å². The number of nitrogens with zero attached hydrogens (tertiary/aromatic N) is 2. The number of primary amides is 2. The summed E-state index contributed by atoms with van der Waals surface area (Å²) in [5.74, 6) is -13.5. The van der Waals surface area contributed by atoms with Crippen molar-refractivity contribution >= 4 is 75.5 Å². The molecule has 0 bridgehead atoms.